The Morgan fingerprint density at radius 2 is 1.64 bits per heavy atom. The van der Waals surface area contributed by atoms with Crippen molar-refractivity contribution in [2.24, 2.45) is 0 Å². The molecule has 3 aromatic carbocycles. The Labute approximate surface area is 213 Å². The van der Waals surface area contributed by atoms with Gasteiger partial charge in [0, 0.05) is 17.3 Å². The molecule has 1 aliphatic rings. The minimum absolute atomic E-state index is 0.0846. The van der Waals surface area contributed by atoms with Gasteiger partial charge in [-0.05, 0) is 36.1 Å². The summed E-state index contributed by atoms with van der Waals surface area (Å²) in [5.41, 5.74) is 3.04. The van der Waals surface area contributed by atoms with E-state index in [-0.39, 0.29) is 11.3 Å². The second-order valence-corrected chi connectivity index (χ2v) is 9.04. The number of aryl methyl sites for hydroxylation is 1. The summed E-state index contributed by atoms with van der Waals surface area (Å²) in [5.74, 6) is -0.901. The highest BCUT2D eigenvalue weighted by Crippen LogP contribution is 2.42. The molecule has 4 rings (SSSR count). The van der Waals surface area contributed by atoms with Crippen molar-refractivity contribution < 1.29 is 19.4 Å². The number of anilines is 1. The Hall–Kier alpha value is -3.86. The van der Waals surface area contributed by atoms with Crippen LogP contribution < -0.4 is 9.64 Å². The largest absolute Gasteiger partial charge is 0.507 e. The molecule has 0 spiro atoms. The number of benzene rings is 3. The van der Waals surface area contributed by atoms with Crippen LogP contribution in [0.2, 0.25) is 0 Å². The average Bonchev–Trinajstić information content (AvgIpc) is 3.19. The summed E-state index contributed by atoms with van der Waals surface area (Å²) in [6, 6.07) is 23.2. The van der Waals surface area contributed by atoms with Crippen molar-refractivity contribution in [1.29, 1.82) is 0 Å². The van der Waals surface area contributed by atoms with Crippen molar-refractivity contribution in [2.45, 2.75) is 52.0 Å². The van der Waals surface area contributed by atoms with Gasteiger partial charge in [-0.1, -0.05) is 93.8 Å². The molecule has 1 amide bonds. The Morgan fingerprint density at radius 1 is 0.889 bits per heavy atom. The van der Waals surface area contributed by atoms with Crippen LogP contribution in [0.3, 0.4) is 0 Å². The first-order valence-corrected chi connectivity index (χ1v) is 12.7. The minimum Gasteiger partial charge on any atom is -0.507 e. The minimum atomic E-state index is -0.754. The fourth-order valence-electron chi connectivity index (χ4n) is 4.54. The zero-order valence-electron chi connectivity index (χ0n) is 20.9. The molecule has 5 heteroatoms. The Morgan fingerprint density at radius 3 is 2.33 bits per heavy atom. The van der Waals surface area contributed by atoms with E-state index in [1.807, 2.05) is 42.5 Å². The molecule has 0 radical (unpaired) electrons. The molecule has 1 unspecified atom stereocenters. The van der Waals surface area contributed by atoms with Crippen LogP contribution in [0.5, 0.6) is 5.75 Å². The molecular formula is C31H33NO4. The van der Waals surface area contributed by atoms with Crippen molar-refractivity contribution in [3.05, 3.63) is 101 Å². The van der Waals surface area contributed by atoms with Crippen LogP contribution in [-0.2, 0) is 16.0 Å². The van der Waals surface area contributed by atoms with E-state index in [0.29, 0.717) is 23.6 Å². The van der Waals surface area contributed by atoms with E-state index in [1.165, 1.54) is 11.3 Å². The van der Waals surface area contributed by atoms with Crippen LogP contribution in [-0.4, -0.2) is 23.4 Å². The molecule has 0 bridgehead atoms. The van der Waals surface area contributed by atoms with Gasteiger partial charge in [0.15, 0.2) is 0 Å². The summed E-state index contributed by atoms with van der Waals surface area (Å²) in [5, 5.41) is 11.2. The molecular weight excluding hydrogens is 450 g/mol. The van der Waals surface area contributed by atoms with Gasteiger partial charge >= 0.3 is 0 Å². The molecule has 0 saturated carbocycles. The standard InChI is InChI=1S/C31H33NO4/c1-3-5-6-10-20-36-26-15-11-14-25(21-26)32-28(23-18-16-22(4-2)17-19-23)27(30(34)31(32)35)29(33)24-12-8-7-9-13-24/h7-9,11-19,21,28,33H,3-6,10,20H2,1-2H3/b29-27-. The first-order valence-electron chi connectivity index (χ1n) is 12.7. The van der Waals surface area contributed by atoms with Gasteiger partial charge < -0.3 is 9.84 Å². The lowest BCUT2D eigenvalue weighted by atomic mass is 9.94. The topological polar surface area (TPSA) is 66.8 Å². The number of hydrogen-bond donors (Lipinski definition) is 1. The molecule has 3 aromatic rings. The highest BCUT2D eigenvalue weighted by Gasteiger charge is 2.47. The first-order chi connectivity index (χ1) is 17.5. The third kappa shape index (κ3) is 5.35. The number of Topliss-reactive ketones (excluding diaryl/α,β-unsaturated/α-hetero) is 1. The molecule has 1 fully saturated rings. The number of ketones is 1. The summed E-state index contributed by atoms with van der Waals surface area (Å²) < 4.78 is 5.95. The van der Waals surface area contributed by atoms with Crippen molar-refractivity contribution in [3.8, 4) is 5.75 Å². The molecule has 1 atom stereocenters. The predicted molar refractivity (Wildman–Crippen MR) is 143 cm³/mol. The first kappa shape index (κ1) is 25.2. The maximum atomic E-state index is 13.4. The number of carbonyl (C=O) groups is 2. The molecule has 1 N–H and O–H groups in total. The number of unbranched alkanes of at least 4 members (excludes halogenated alkanes) is 3. The SMILES string of the molecule is CCCCCCOc1cccc(N2C(=O)C(=O)/C(=C(\O)c3ccccc3)C2c2ccc(CC)cc2)c1. The van der Waals surface area contributed by atoms with E-state index in [1.54, 1.807) is 36.4 Å². The summed E-state index contributed by atoms with van der Waals surface area (Å²) in [6.45, 7) is 4.84. The van der Waals surface area contributed by atoms with Crippen LogP contribution in [0, 0.1) is 0 Å². The van der Waals surface area contributed by atoms with Gasteiger partial charge in [0.2, 0.25) is 0 Å². The van der Waals surface area contributed by atoms with Crippen LogP contribution in [0.1, 0.15) is 62.3 Å². The summed E-state index contributed by atoms with van der Waals surface area (Å²) in [7, 11) is 0. The molecule has 186 valence electrons. The van der Waals surface area contributed by atoms with E-state index in [9.17, 15) is 14.7 Å². The number of amides is 1. The van der Waals surface area contributed by atoms with Crippen molar-refractivity contribution in [1.82, 2.24) is 0 Å². The fraction of sp³-hybridized carbons (Fsp3) is 0.290. The third-order valence-electron chi connectivity index (χ3n) is 6.56. The zero-order chi connectivity index (χ0) is 25.5. The van der Waals surface area contributed by atoms with Gasteiger partial charge in [-0.3, -0.25) is 14.5 Å². The molecule has 1 saturated heterocycles. The molecule has 36 heavy (non-hydrogen) atoms. The van der Waals surface area contributed by atoms with Gasteiger partial charge in [-0.2, -0.15) is 0 Å². The van der Waals surface area contributed by atoms with Gasteiger partial charge in [0.05, 0.1) is 18.2 Å². The second kappa shape index (κ2) is 11.7. The number of nitrogens with zero attached hydrogens (tertiary/aromatic N) is 1. The third-order valence-corrected chi connectivity index (χ3v) is 6.56. The maximum absolute atomic E-state index is 13.4. The Bertz CT molecular complexity index is 1230. The molecule has 0 aromatic heterocycles. The van der Waals surface area contributed by atoms with Crippen LogP contribution in [0.4, 0.5) is 5.69 Å². The van der Waals surface area contributed by atoms with E-state index < -0.39 is 17.7 Å². The predicted octanol–water partition coefficient (Wildman–Crippen LogP) is 6.83. The summed E-state index contributed by atoms with van der Waals surface area (Å²) >= 11 is 0. The van der Waals surface area contributed by atoms with Crippen LogP contribution in [0.25, 0.3) is 5.76 Å². The summed E-state index contributed by atoms with van der Waals surface area (Å²) in [4.78, 5) is 28.2. The van der Waals surface area contributed by atoms with Crippen LogP contribution in [0.15, 0.2) is 84.4 Å². The normalized spacial score (nSPS) is 16.9. The average molecular weight is 484 g/mol. The van der Waals surface area contributed by atoms with Crippen molar-refractivity contribution in [2.75, 3.05) is 11.5 Å². The number of aliphatic hydroxyl groups excluding tert-OH is 1. The van der Waals surface area contributed by atoms with Gasteiger partial charge in [-0.25, -0.2) is 0 Å². The molecule has 1 heterocycles. The molecule has 0 aliphatic carbocycles. The number of rotatable bonds is 10. The maximum Gasteiger partial charge on any atom is 0.300 e. The highest BCUT2D eigenvalue weighted by atomic mass is 16.5. The number of hydrogen-bond acceptors (Lipinski definition) is 4. The van der Waals surface area contributed by atoms with Crippen molar-refractivity contribution >= 4 is 23.1 Å². The van der Waals surface area contributed by atoms with E-state index in [2.05, 4.69) is 13.8 Å². The lowest BCUT2D eigenvalue weighted by Gasteiger charge is -2.26. The number of ether oxygens (including phenoxy) is 1. The number of carbonyl (C=O) groups excluding carboxylic acids is 2. The van der Waals surface area contributed by atoms with Gasteiger partial charge in [0.25, 0.3) is 11.7 Å². The lowest BCUT2D eigenvalue weighted by molar-refractivity contribution is -0.132. The van der Waals surface area contributed by atoms with E-state index >= 15 is 0 Å². The van der Waals surface area contributed by atoms with E-state index in [4.69, 9.17) is 4.74 Å². The zero-order valence-corrected chi connectivity index (χ0v) is 20.9. The Balaban J connectivity index is 1.75. The van der Waals surface area contributed by atoms with E-state index in [0.717, 1.165) is 36.8 Å². The fourth-order valence-corrected chi connectivity index (χ4v) is 4.54. The molecule has 5 nitrogen and oxygen atoms in total. The van der Waals surface area contributed by atoms with Crippen LogP contribution >= 0.6 is 0 Å². The van der Waals surface area contributed by atoms with Gasteiger partial charge in [-0.15, -0.1) is 0 Å². The lowest BCUT2D eigenvalue weighted by Crippen LogP contribution is -2.29. The van der Waals surface area contributed by atoms with Gasteiger partial charge in [0.1, 0.15) is 11.5 Å². The molecule has 1 aliphatic heterocycles. The Kier molecular flexibility index (Phi) is 8.21. The monoisotopic (exact) mass is 483 g/mol. The number of aliphatic hydroxyl groups is 1. The second-order valence-electron chi connectivity index (χ2n) is 9.04. The highest BCUT2D eigenvalue weighted by molar-refractivity contribution is 6.51. The quantitative estimate of drug-likeness (QED) is 0.148. The van der Waals surface area contributed by atoms with Crippen molar-refractivity contribution in [3.63, 3.8) is 0 Å². The summed E-state index contributed by atoms with van der Waals surface area (Å²) in [6.07, 6.45) is 5.28. The smallest absolute Gasteiger partial charge is 0.300 e.